The number of carbonyl (C=O) groups is 1. The van der Waals surface area contributed by atoms with Gasteiger partial charge in [-0.15, -0.1) is 0 Å². The highest BCUT2D eigenvalue weighted by Crippen LogP contribution is 2.20. The lowest BCUT2D eigenvalue weighted by Gasteiger charge is -2.05. The van der Waals surface area contributed by atoms with Crippen LogP contribution in [0.25, 0.3) is 11.1 Å². The molecule has 0 radical (unpaired) electrons. The van der Waals surface area contributed by atoms with Crippen LogP contribution in [0.5, 0.6) is 0 Å². The number of ether oxygens (including phenoxy) is 1. The van der Waals surface area contributed by atoms with Crippen molar-refractivity contribution in [2.24, 2.45) is 0 Å². The van der Waals surface area contributed by atoms with Gasteiger partial charge in [0.2, 0.25) is 0 Å². The van der Waals surface area contributed by atoms with E-state index in [0.717, 1.165) is 17.5 Å². The molecule has 98 valence electrons. The molecule has 0 aromatic heterocycles. The highest BCUT2D eigenvalue weighted by molar-refractivity contribution is 5.90. The molecule has 0 aliphatic rings. The van der Waals surface area contributed by atoms with E-state index in [-0.39, 0.29) is 5.97 Å². The van der Waals surface area contributed by atoms with Gasteiger partial charge in [-0.2, -0.15) is 0 Å². The van der Waals surface area contributed by atoms with Gasteiger partial charge >= 0.3 is 5.97 Å². The molecule has 0 bridgehead atoms. The van der Waals surface area contributed by atoms with E-state index in [1.165, 1.54) is 5.56 Å². The van der Waals surface area contributed by atoms with Crippen LogP contribution in [0, 0.1) is 6.92 Å². The second-order valence-corrected chi connectivity index (χ2v) is 4.58. The second-order valence-electron chi connectivity index (χ2n) is 4.58. The summed E-state index contributed by atoms with van der Waals surface area (Å²) < 4.78 is 5.10. The Labute approximate surface area is 114 Å². The van der Waals surface area contributed by atoms with Gasteiger partial charge in [-0.3, -0.25) is 0 Å². The fourth-order valence-electron chi connectivity index (χ4n) is 1.82. The highest BCUT2D eigenvalue weighted by atomic mass is 16.5. The van der Waals surface area contributed by atoms with E-state index in [4.69, 9.17) is 4.74 Å². The maximum atomic E-state index is 11.7. The van der Waals surface area contributed by atoms with Crippen LogP contribution < -0.4 is 0 Å². The molecule has 2 aromatic carbocycles. The molecule has 0 saturated carbocycles. The van der Waals surface area contributed by atoms with Crippen molar-refractivity contribution in [1.82, 2.24) is 0 Å². The van der Waals surface area contributed by atoms with Crippen molar-refractivity contribution in [2.75, 3.05) is 6.61 Å². The number of hydrogen-bond acceptors (Lipinski definition) is 2. The zero-order valence-electron chi connectivity index (χ0n) is 11.3. The lowest BCUT2D eigenvalue weighted by atomic mass is 10.0. The molecule has 19 heavy (non-hydrogen) atoms. The molecule has 2 aromatic rings. The quantitative estimate of drug-likeness (QED) is 0.763. The van der Waals surface area contributed by atoms with Crippen LogP contribution >= 0.6 is 0 Å². The van der Waals surface area contributed by atoms with E-state index in [9.17, 15) is 4.79 Å². The van der Waals surface area contributed by atoms with E-state index in [2.05, 4.69) is 31.2 Å². The van der Waals surface area contributed by atoms with Gasteiger partial charge in [0.05, 0.1) is 12.2 Å². The molecular formula is C17H18O2. The van der Waals surface area contributed by atoms with Gasteiger partial charge in [0.25, 0.3) is 0 Å². The first-order valence-electron chi connectivity index (χ1n) is 6.55. The third-order valence-corrected chi connectivity index (χ3v) is 2.94. The molecule has 0 saturated heterocycles. The first-order valence-corrected chi connectivity index (χ1v) is 6.55. The predicted molar refractivity (Wildman–Crippen MR) is 77.2 cm³/mol. The van der Waals surface area contributed by atoms with Crippen molar-refractivity contribution in [1.29, 1.82) is 0 Å². The fraction of sp³-hybridized carbons (Fsp3) is 0.235. The summed E-state index contributed by atoms with van der Waals surface area (Å²) in [6, 6.07) is 15.9. The molecule has 0 atom stereocenters. The van der Waals surface area contributed by atoms with Gasteiger partial charge in [-0.25, -0.2) is 4.79 Å². The number of aryl methyl sites for hydroxylation is 1. The molecule has 0 N–H and O–H groups in total. The minimum Gasteiger partial charge on any atom is -0.462 e. The Morgan fingerprint density at radius 1 is 0.947 bits per heavy atom. The Bertz CT molecular complexity index is 538. The Balaban J connectivity index is 2.14. The van der Waals surface area contributed by atoms with Crippen LogP contribution in [0.2, 0.25) is 0 Å². The monoisotopic (exact) mass is 254 g/mol. The number of benzene rings is 2. The molecule has 0 aliphatic carbocycles. The van der Waals surface area contributed by atoms with Crippen molar-refractivity contribution in [3.8, 4) is 11.1 Å². The molecule has 0 amide bonds. The maximum Gasteiger partial charge on any atom is 0.338 e. The van der Waals surface area contributed by atoms with Crippen LogP contribution in [-0.4, -0.2) is 12.6 Å². The number of rotatable bonds is 4. The first-order chi connectivity index (χ1) is 9.20. The zero-order chi connectivity index (χ0) is 13.7. The number of hydrogen-bond donors (Lipinski definition) is 0. The van der Waals surface area contributed by atoms with Crippen molar-refractivity contribution in [3.05, 3.63) is 59.7 Å². The molecule has 0 fully saturated rings. The summed E-state index contributed by atoms with van der Waals surface area (Å²) in [7, 11) is 0. The Hall–Kier alpha value is -2.09. The smallest absolute Gasteiger partial charge is 0.338 e. The summed E-state index contributed by atoms with van der Waals surface area (Å²) in [5.41, 5.74) is 4.10. The van der Waals surface area contributed by atoms with Gasteiger partial charge in [0, 0.05) is 0 Å². The molecule has 0 heterocycles. The van der Waals surface area contributed by atoms with E-state index < -0.39 is 0 Å². The summed E-state index contributed by atoms with van der Waals surface area (Å²) in [6.45, 7) is 4.52. The van der Waals surface area contributed by atoms with Crippen LogP contribution in [0.3, 0.4) is 0 Å². The summed E-state index contributed by atoms with van der Waals surface area (Å²) in [4.78, 5) is 11.7. The van der Waals surface area contributed by atoms with Crippen LogP contribution in [-0.2, 0) is 4.74 Å². The number of carbonyl (C=O) groups excluding carboxylic acids is 1. The molecule has 2 nitrogen and oxygen atoms in total. The van der Waals surface area contributed by atoms with Crippen LogP contribution in [0.4, 0.5) is 0 Å². The predicted octanol–water partition coefficient (Wildman–Crippen LogP) is 4.23. The van der Waals surface area contributed by atoms with Gasteiger partial charge in [-0.1, -0.05) is 48.9 Å². The van der Waals surface area contributed by atoms with Crippen LogP contribution in [0.1, 0.15) is 29.3 Å². The summed E-state index contributed by atoms with van der Waals surface area (Å²) in [5.74, 6) is -0.252. The van der Waals surface area contributed by atoms with Gasteiger partial charge in [-0.05, 0) is 36.6 Å². The van der Waals surface area contributed by atoms with Crippen molar-refractivity contribution in [2.45, 2.75) is 20.3 Å². The van der Waals surface area contributed by atoms with Crippen molar-refractivity contribution >= 4 is 5.97 Å². The molecule has 2 heteroatoms. The first kappa shape index (κ1) is 13.3. The third-order valence-electron chi connectivity index (χ3n) is 2.94. The molecular weight excluding hydrogens is 236 g/mol. The summed E-state index contributed by atoms with van der Waals surface area (Å²) in [5, 5.41) is 0. The SMILES string of the molecule is CCCOC(=O)c1ccc(-c2ccc(C)cc2)cc1. The fourth-order valence-corrected chi connectivity index (χ4v) is 1.82. The summed E-state index contributed by atoms with van der Waals surface area (Å²) >= 11 is 0. The average Bonchev–Trinajstić information content (AvgIpc) is 2.46. The standard InChI is InChI=1S/C17H18O2/c1-3-12-19-17(18)16-10-8-15(9-11-16)14-6-4-13(2)5-7-14/h4-11H,3,12H2,1-2H3. The topological polar surface area (TPSA) is 26.3 Å². The second kappa shape index (κ2) is 6.19. The molecule has 0 aliphatic heterocycles. The molecule has 0 unspecified atom stereocenters. The zero-order valence-corrected chi connectivity index (χ0v) is 11.3. The summed E-state index contributed by atoms with van der Waals surface area (Å²) in [6.07, 6.45) is 0.840. The Morgan fingerprint density at radius 2 is 1.47 bits per heavy atom. The van der Waals surface area contributed by atoms with E-state index >= 15 is 0 Å². The minimum atomic E-state index is -0.252. The van der Waals surface area contributed by atoms with Crippen molar-refractivity contribution in [3.63, 3.8) is 0 Å². The Kier molecular flexibility index (Phi) is 4.35. The van der Waals surface area contributed by atoms with Crippen molar-refractivity contribution < 1.29 is 9.53 Å². The average molecular weight is 254 g/mol. The minimum absolute atomic E-state index is 0.252. The van der Waals surface area contributed by atoms with E-state index in [1.54, 1.807) is 0 Å². The highest BCUT2D eigenvalue weighted by Gasteiger charge is 2.06. The van der Waals surface area contributed by atoms with Gasteiger partial charge in [0.15, 0.2) is 0 Å². The van der Waals surface area contributed by atoms with Gasteiger partial charge < -0.3 is 4.74 Å². The normalized spacial score (nSPS) is 10.2. The van der Waals surface area contributed by atoms with Gasteiger partial charge in [0.1, 0.15) is 0 Å². The number of esters is 1. The molecule has 2 rings (SSSR count). The van der Waals surface area contributed by atoms with Crippen LogP contribution in [0.15, 0.2) is 48.5 Å². The molecule has 0 spiro atoms. The van der Waals surface area contributed by atoms with E-state index in [0.29, 0.717) is 12.2 Å². The largest absolute Gasteiger partial charge is 0.462 e. The lowest BCUT2D eigenvalue weighted by molar-refractivity contribution is 0.0505. The maximum absolute atomic E-state index is 11.7. The lowest BCUT2D eigenvalue weighted by Crippen LogP contribution is -2.05. The van der Waals surface area contributed by atoms with E-state index in [1.807, 2.05) is 31.2 Å². The third kappa shape index (κ3) is 3.44. The Morgan fingerprint density at radius 3 is 2.00 bits per heavy atom.